The molecule has 1 rings (SSSR count). The van der Waals surface area contributed by atoms with Crippen LogP contribution in [0.25, 0.3) is 0 Å². The van der Waals surface area contributed by atoms with Gasteiger partial charge in [-0.2, -0.15) is 0 Å². The molecule has 0 aliphatic carbocycles. The van der Waals surface area contributed by atoms with Crippen LogP contribution < -0.4 is 5.73 Å². The average molecular weight is 270 g/mol. The minimum atomic E-state index is 0.328. The zero-order valence-electron chi connectivity index (χ0n) is 13.4. The molecule has 1 saturated heterocycles. The van der Waals surface area contributed by atoms with E-state index < -0.39 is 0 Å². The smallest absolute Gasteiger partial charge is 0.0521 e. The molecule has 1 heterocycles. The van der Waals surface area contributed by atoms with E-state index in [1.165, 1.54) is 25.9 Å². The van der Waals surface area contributed by atoms with Gasteiger partial charge < -0.3 is 15.4 Å². The van der Waals surface area contributed by atoms with Gasteiger partial charge in [0.2, 0.25) is 0 Å². The van der Waals surface area contributed by atoms with E-state index in [2.05, 4.69) is 32.6 Å². The maximum absolute atomic E-state index is 6.23. The van der Waals surface area contributed by atoms with Crippen molar-refractivity contribution in [1.82, 2.24) is 4.90 Å². The Labute approximate surface area is 119 Å². The number of rotatable bonds is 8. The third-order valence-corrected chi connectivity index (χ3v) is 4.07. The van der Waals surface area contributed by atoms with Crippen LogP contribution in [-0.4, -0.2) is 43.8 Å². The van der Waals surface area contributed by atoms with Gasteiger partial charge in [-0.25, -0.2) is 0 Å². The van der Waals surface area contributed by atoms with E-state index in [-0.39, 0.29) is 0 Å². The Bertz CT molecular complexity index is 219. The van der Waals surface area contributed by atoms with Crippen LogP contribution in [0.2, 0.25) is 0 Å². The molecule has 3 heteroatoms. The summed E-state index contributed by atoms with van der Waals surface area (Å²) in [5.41, 5.74) is 6.23. The van der Waals surface area contributed by atoms with Gasteiger partial charge in [0.25, 0.3) is 0 Å². The fourth-order valence-corrected chi connectivity index (χ4v) is 2.51. The van der Waals surface area contributed by atoms with Crippen molar-refractivity contribution in [3.8, 4) is 0 Å². The Morgan fingerprint density at radius 1 is 1.11 bits per heavy atom. The van der Waals surface area contributed by atoms with E-state index >= 15 is 0 Å². The van der Waals surface area contributed by atoms with Crippen molar-refractivity contribution in [3.05, 3.63) is 0 Å². The summed E-state index contributed by atoms with van der Waals surface area (Å²) >= 11 is 0. The summed E-state index contributed by atoms with van der Waals surface area (Å²) < 4.78 is 5.60. The number of nitrogens with two attached hydrogens (primary N) is 1. The van der Waals surface area contributed by atoms with E-state index in [1.807, 2.05) is 0 Å². The Hall–Kier alpha value is -0.120. The monoisotopic (exact) mass is 270 g/mol. The van der Waals surface area contributed by atoms with Crippen LogP contribution in [0, 0.1) is 17.8 Å². The number of nitrogens with zero attached hydrogens (tertiary/aromatic N) is 1. The van der Waals surface area contributed by atoms with Gasteiger partial charge in [-0.1, -0.05) is 27.7 Å². The van der Waals surface area contributed by atoms with Crippen LogP contribution in [0.15, 0.2) is 0 Å². The molecule has 0 amide bonds. The number of hydrogen-bond donors (Lipinski definition) is 1. The van der Waals surface area contributed by atoms with Crippen molar-refractivity contribution in [2.75, 3.05) is 32.8 Å². The molecule has 1 aliphatic heterocycles. The fraction of sp³-hybridized carbons (Fsp3) is 1.00. The summed E-state index contributed by atoms with van der Waals surface area (Å²) in [6.07, 6.45) is 3.58. The summed E-state index contributed by atoms with van der Waals surface area (Å²) in [7, 11) is 0. The van der Waals surface area contributed by atoms with Gasteiger partial charge in [0.05, 0.1) is 6.61 Å². The molecule has 1 fully saturated rings. The van der Waals surface area contributed by atoms with Crippen LogP contribution in [0.1, 0.15) is 47.0 Å². The summed E-state index contributed by atoms with van der Waals surface area (Å²) in [5, 5.41) is 0. The molecule has 19 heavy (non-hydrogen) atoms. The van der Waals surface area contributed by atoms with Crippen molar-refractivity contribution in [1.29, 1.82) is 0 Å². The maximum atomic E-state index is 6.23. The largest absolute Gasteiger partial charge is 0.381 e. The highest BCUT2D eigenvalue weighted by Crippen LogP contribution is 2.16. The van der Waals surface area contributed by atoms with Crippen LogP contribution >= 0.6 is 0 Å². The Morgan fingerprint density at radius 2 is 1.68 bits per heavy atom. The SMILES string of the molecule is CC(C)CCN(CCC(C)C)CC1COCCC1N. The quantitative estimate of drug-likeness (QED) is 0.737. The molecular formula is C16H34N2O. The molecule has 2 N–H and O–H groups in total. The first-order chi connectivity index (χ1) is 8.99. The predicted octanol–water partition coefficient (Wildman–Crippen LogP) is 2.74. The molecule has 0 aromatic heterocycles. The summed E-state index contributed by atoms with van der Waals surface area (Å²) in [4.78, 5) is 2.61. The van der Waals surface area contributed by atoms with Gasteiger partial charge in [-0.3, -0.25) is 0 Å². The zero-order chi connectivity index (χ0) is 14.3. The van der Waals surface area contributed by atoms with E-state index in [0.717, 1.165) is 38.0 Å². The van der Waals surface area contributed by atoms with Crippen molar-refractivity contribution in [2.45, 2.75) is 53.0 Å². The molecule has 0 spiro atoms. The van der Waals surface area contributed by atoms with Gasteiger partial charge in [-0.15, -0.1) is 0 Å². The molecule has 0 saturated carbocycles. The van der Waals surface area contributed by atoms with Gasteiger partial charge >= 0.3 is 0 Å². The lowest BCUT2D eigenvalue weighted by atomic mass is 9.95. The average Bonchev–Trinajstić information content (AvgIpc) is 2.34. The molecule has 0 aromatic rings. The second-order valence-electron chi connectivity index (χ2n) is 6.95. The first-order valence-corrected chi connectivity index (χ1v) is 8.04. The summed E-state index contributed by atoms with van der Waals surface area (Å²) in [5.74, 6) is 2.07. The molecule has 0 aromatic carbocycles. The van der Waals surface area contributed by atoms with Crippen LogP contribution in [-0.2, 0) is 4.74 Å². The van der Waals surface area contributed by atoms with Gasteiger partial charge in [0.15, 0.2) is 0 Å². The standard InChI is InChI=1S/C16H34N2O/c1-13(2)5-8-18(9-6-14(3)4)11-15-12-19-10-7-16(15)17/h13-16H,5-12,17H2,1-4H3. The zero-order valence-corrected chi connectivity index (χ0v) is 13.4. The highest BCUT2D eigenvalue weighted by Gasteiger charge is 2.24. The van der Waals surface area contributed by atoms with E-state index in [4.69, 9.17) is 10.5 Å². The lowest BCUT2D eigenvalue weighted by Crippen LogP contribution is -2.45. The van der Waals surface area contributed by atoms with Gasteiger partial charge in [0, 0.05) is 25.1 Å². The Morgan fingerprint density at radius 3 is 2.16 bits per heavy atom. The minimum absolute atomic E-state index is 0.328. The number of ether oxygens (including phenoxy) is 1. The van der Waals surface area contributed by atoms with Crippen LogP contribution in [0.3, 0.4) is 0 Å². The lowest BCUT2D eigenvalue weighted by molar-refractivity contribution is 0.0249. The third-order valence-electron chi connectivity index (χ3n) is 4.07. The van der Waals surface area contributed by atoms with E-state index in [0.29, 0.717) is 12.0 Å². The predicted molar refractivity (Wildman–Crippen MR) is 82.3 cm³/mol. The topological polar surface area (TPSA) is 38.5 Å². The van der Waals surface area contributed by atoms with Crippen LogP contribution in [0.5, 0.6) is 0 Å². The molecule has 3 nitrogen and oxygen atoms in total. The van der Waals surface area contributed by atoms with Crippen LogP contribution in [0.4, 0.5) is 0 Å². The molecule has 2 atom stereocenters. The fourth-order valence-electron chi connectivity index (χ4n) is 2.51. The van der Waals surface area contributed by atoms with Crippen molar-refractivity contribution < 1.29 is 4.74 Å². The van der Waals surface area contributed by atoms with E-state index in [1.54, 1.807) is 0 Å². The second kappa shape index (κ2) is 8.93. The molecule has 2 unspecified atom stereocenters. The van der Waals surface area contributed by atoms with Crippen molar-refractivity contribution in [2.24, 2.45) is 23.5 Å². The first kappa shape index (κ1) is 16.9. The summed E-state index contributed by atoms with van der Waals surface area (Å²) in [6.45, 7) is 14.4. The summed E-state index contributed by atoms with van der Waals surface area (Å²) in [6, 6.07) is 0.328. The molecule has 114 valence electrons. The van der Waals surface area contributed by atoms with Gasteiger partial charge in [0.1, 0.15) is 0 Å². The van der Waals surface area contributed by atoms with E-state index in [9.17, 15) is 0 Å². The van der Waals surface area contributed by atoms with Gasteiger partial charge in [-0.05, 0) is 44.2 Å². The Kier molecular flexibility index (Phi) is 7.96. The number of hydrogen-bond acceptors (Lipinski definition) is 3. The molecular weight excluding hydrogens is 236 g/mol. The van der Waals surface area contributed by atoms with Crippen molar-refractivity contribution >= 4 is 0 Å². The Balaban J connectivity index is 2.41. The molecule has 1 aliphatic rings. The molecule has 0 radical (unpaired) electrons. The third kappa shape index (κ3) is 7.28. The maximum Gasteiger partial charge on any atom is 0.0521 e. The highest BCUT2D eigenvalue weighted by atomic mass is 16.5. The van der Waals surface area contributed by atoms with Crippen molar-refractivity contribution in [3.63, 3.8) is 0 Å². The highest BCUT2D eigenvalue weighted by molar-refractivity contribution is 4.79. The molecule has 0 bridgehead atoms. The normalized spacial score (nSPS) is 24.6. The second-order valence-corrected chi connectivity index (χ2v) is 6.95. The lowest BCUT2D eigenvalue weighted by Gasteiger charge is -2.34. The minimum Gasteiger partial charge on any atom is -0.381 e. The first-order valence-electron chi connectivity index (χ1n) is 8.04.